The van der Waals surface area contributed by atoms with Crippen molar-refractivity contribution in [1.82, 2.24) is 10.5 Å². The van der Waals surface area contributed by atoms with Gasteiger partial charge in [0.1, 0.15) is 5.75 Å². The maximum absolute atomic E-state index is 11.5. The van der Waals surface area contributed by atoms with Gasteiger partial charge in [0, 0.05) is 6.07 Å². The number of nitriles is 1. The van der Waals surface area contributed by atoms with E-state index in [0.29, 0.717) is 17.1 Å². The summed E-state index contributed by atoms with van der Waals surface area (Å²) in [6, 6.07) is 10.2. The fourth-order valence-electron chi connectivity index (χ4n) is 1.34. The molecule has 0 spiro atoms. The van der Waals surface area contributed by atoms with E-state index in [-0.39, 0.29) is 19.1 Å². The van der Waals surface area contributed by atoms with Crippen molar-refractivity contribution in [2.45, 2.75) is 6.54 Å². The monoisotopic (exact) mass is 257 g/mol. The van der Waals surface area contributed by atoms with Gasteiger partial charge in [-0.2, -0.15) is 5.26 Å². The van der Waals surface area contributed by atoms with Crippen LogP contribution in [-0.4, -0.2) is 17.7 Å². The second-order valence-electron chi connectivity index (χ2n) is 3.68. The Labute approximate surface area is 109 Å². The summed E-state index contributed by atoms with van der Waals surface area (Å²) >= 11 is 0. The summed E-state index contributed by atoms with van der Waals surface area (Å²) in [5, 5.41) is 14.8. The molecule has 0 aliphatic rings. The highest BCUT2D eigenvalue weighted by Gasteiger charge is 2.04. The zero-order valence-electron chi connectivity index (χ0n) is 10.00. The molecule has 1 heterocycles. The second kappa shape index (κ2) is 6.21. The van der Waals surface area contributed by atoms with Crippen molar-refractivity contribution in [3.05, 3.63) is 47.9 Å². The Balaban J connectivity index is 1.75. The van der Waals surface area contributed by atoms with Gasteiger partial charge in [-0.25, -0.2) is 0 Å². The quantitative estimate of drug-likeness (QED) is 0.870. The van der Waals surface area contributed by atoms with E-state index in [1.54, 1.807) is 30.3 Å². The Bertz CT molecular complexity index is 570. The first-order valence-electron chi connectivity index (χ1n) is 5.57. The number of hydrogen-bond donors (Lipinski definition) is 1. The predicted octanol–water partition coefficient (Wildman–Crippen LogP) is 1.24. The van der Waals surface area contributed by atoms with Crippen molar-refractivity contribution >= 4 is 5.91 Å². The molecule has 0 unspecified atom stereocenters. The van der Waals surface area contributed by atoms with Crippen LogP contribution < -0.4 is 10.1 Å². The molecule has 1 amide bonds. The lowest BCUT2D eigenvalue weighted by atomic mass is 10.2. The van der Waals surface area contributed by atoms with E-state index < -0.39 is 0 Å². The Kier molecular flexibility index (Phi) is 4.13. The normalized spacial score (nSPS) is 9.63. The van der Waals surface area contributed by atoms with Gasteiger partial charge in [0.05, 0.1) is 24.4 Å². The zero-order valence-corrected chi connectivity index (χ0v) is 10.00. The van der Waals surface area contributed by atoms with Crippen LogP contribution in [0.4, 0.5) is 0 Å². The number of aromatic nitrogens is 1. The van der Waals surface area contributed by atoms with Crippen molar-refractivity contribution in [1.29, 1.82) is 5.26 Å². The molecule has 6 heteroatoms. The molecule has 0 radical (unpaired) electrons. The highest BCUT2D eigenvalue weighted by molar-refractivity contribution is 5.77. The molecule has 0 bridgehead atoms. The first kappa shape index (κ1) is 12.6. The average Bonchev–Trinajstić information content (AvgIpc) is 2.96. The number of ether oxygens (including phenoxy) is 1. The fraction of sp³-hybridized carbons (Fsp3) is 0.154. The lowest BCUT2D eigenvalue weighted by Gasteiger charge is -2.06. The molecule has 0 aliphatic heterocycles. The van der Waals surface area contributed by atoms with E-state index in [4.69, 9.17) is 14.5 Å². The largest absolute Gasteiger partial charge is 0.484 e. The van der Waals surface area contributed by atoms with Crippen molar-refractivity contribution in [2.75, 3.05) is 6.61 Å². The van der Waals surface area contributed by atoms with Gasteiger partial charge in [-0.3, -0.25) is 4.79 Å². The van der Waals surface area contributed by atoms with Crippen LogP contribution in [0.3, 0.4) is 0 Å². The summed E-state index contributed by atoms with van der Waals surface area (Å²) in [5.74, 6) is 0.848. The van der Waals surface area contributed by atoms with Gasteiger partial charge in [0.2, 0.25) is 0 Å². The van der Waals surface area contributed by atoms with E-state index in [0.717, 1.165) is 0 Å². The highest BCUT2D eigenvalue weighted by Crippen LogP contribution is 2.11. The van der Waals surface area contributed by atoms with Crippen LogP contribution in [0.1, 0.15) is 11.3 Å². The van der Waals surface area contributed by atoms with Gasteiger partial charge in [-0.1, -0.05) is 5.16 Å². The van der Waals surface area contributed by atoms with E-state index in [9.17, 15) is 4.79 Å². The molecule has 2 aromatic rings. The molecule has 0 saturated carbocycles. The van der Waals surface area contributed by atoms with Crippen LogP contribution in [0.25, 0.3) is 0 Å². The Morgan fingerprint density at radius 2 is 2.16 bits per heavy atom. The van der Waals surface area contributed by atoms with E-state index in [2.05, 4.69) is 10.5 Å². The topological polar surface area (TPSA) is 88.1 Å². The minimum Gasteiger partial charge on any atom is -0.484 e. The lowest BCUT2D eigenvalue weighted by molar-refractivity contribution is -0.123. The SMILES string of the molecule is N#Cc1ccc(OCC(=O)NCc2ccno2)cc1. The van der Waals surface area contributed by atoms with Crippen LogP contribution >= 0.6 is 0 Å². The number of hydrogen-bond acceptors (Lipinski definition) is 5. The average molecular weight is 257 g/mol. The number of carbonyl (C=O) groups is 1. The molecule has 0 atom stereocenters. The van der Waals surface area contributed by atoms with Crippen molar-refractivity contribution < 1.29 is 14.1 Å². The maximum atomic E-state index is 11.5. The molecule has 96 valence electrons. The summed E-state index contributed by atoms with van der Waals surface area (Å²) < 4.78 is 10.1. The van der Waals surface area contributed by atoms with Gasteiger partial charge in [0.15, 0.2) is 12.4 Å². The second-order valence-corrected chi connectivity index (χ2v) is 3.68. The summed E-state index contributed by atoms with van der Waals surface area (Å²) in [6.45, 7) is 0.176. The van der Waals surface area contributed by atoms with Crippen LogP contribution in [0.15, 0.2) is 41.1 Å². The molecule has 6 nitrogen and oxygen atoms in total. The minimum atomic E-state index is -0.263. The molecule has 0 saturated heterocycles. The zero-order chi connectivity index (χ0) is 13.5. The number of benzene rings is 1. The first-order valence-corrected chi connectivity index (χ1v) is 5.57. The molecule has 0 aliphatic carbocycles. The molecule has 2 rings (SSSR count). The van der Waals surface area contributed by atoms with Crippen LogP contribution in [0.5, 0.6) is 5.75 Å². The van der Waals surface area contributed by atoms with Gasteiger partial charge >= 0.3 is 0 Å². The van der Waals surface area contributed by atoms with Crippen LogP contribution in [0, 0.1) is 11.3 Å². The summed E-state index contributed by atoms with van der Waals surface area (Å²) in [6.07, 6.45) is 1.51. The molecular weight excluding hydrogens is 246 g/mol. The van der Waals surface area contributed by atoms with Crippen molar-refractivity contribution in [3.63, 3.8) is 0 Å². The number of rotatable bonds is 5. The molecule has 1 N–H and O–H groups in total. The van der Waals surface area contributed by atoms with Crippen LogP contribution in [-0.2, 0) is 11.3 Å². The third-order valence-corrected chi connectivity index (χ3v) is 2.30. The van der Waals surface area contributed by atoms with Gasteiger partial charge in [-0.15, -0.1) is 0 Å². The number of nitrogens with zero attached hydrogens (tertiary/aromatic N) is 2. The predicted molar refractivity (Wildman–Crippen MR) is 65.0 cm³/mol. The van der Waals surface area contributed by atoms with Crippen molar-refractivity contribution in [2.24, 2.45) is 0 Å². The minimum absolute atomic E-state index is 0.0972. The fourth-order valence-corrected chi connectivity index (χ4v) is 1.34. The number of nitrogens with one attached hydrogen (secondary N) is 1. The highest BCUT2D eigenvalue weighted by atomic mass is 16.5. The van der Waals surface area contributed by atoms with Gasteiger partial charge in [0.25, 0.3) is 5.91 Å². The Morgan fingerprint density at radius 1 is 1.37 bits per heavy atom. The summed E-state index contributed by atoms with van der Waals surface area (Å²) in [7, 11) is 0. The van der Waals surface area contributed by atoms with Gasteiger partial charge in [-0.05, 0) is 24.3 Å². The number of carbonyl (C=O) groups excluding carboxylic acids is 1. The van der Waals surface area contributed by atoms with E-state index >= 15 is 0 Å². The first-order chi connectivity index (χ1) is 9.28. The maximum Gasteiger partial charge on any atom is 0.258 e. The lowest BCUT2D eigenvalue weighted by Crippen LogP contribution is -2.28. The standard InChI is InChI=1S/C13H11N3O3/c14-7-10-1-3-11(4-2-10)18-9-13(17)15-8-12-5-6-16-19-12/h1-6H,8-9H2,(H,15,17). The molecule has 1 aromatic heterocycles. The Morgan fingerprint density at radius 3 is 2.79 bits per heavy atom. The Hall–Kier alpha value is -2.81. The van der Waals surface area contributed by atoms with E-state index in [1.807, 2.05) is 6.07 Å². The summed E-state index contributed by atoms with van der Waals surface area (Å²) in [5.41, 5.74) is 0.544. The molecule has 0 fully saturated rings. The third kappa shape index (κ3) is 3.85. The molecular formula is C13H11N3O3. The van der Waals surface area contributed by atoms with Crippen LogP contribution in [0.2, 0.25) is 0 Å². The number of amides is 1. The summed E-state index contributed by atoms with van der Waals surface area (Å²) in [4.78, 5) is 11.5. The van der Waals surface area contributed by atoms with Crippen molar-refractivity contribution in [3.8, 4) is 11.8 Å². The van der Waals surface area contributed by atoms with Gasteiger partial charge < -0.3 is 14.6 Å². The smallest absolute Gasteiger partial charge is 0.258 e. The van der Waals surface area contributed by atoms with E-state index in [1.165, 1.54) is 6.20 Å². The molecule has 1 aromatic carbocycles. The molecule has 19 heavy (non-hydrogen) atoms. The third-order valence-electron chi connectivity index (χ3n) is 2.30.